The number of alkyl halides is 2. The first kappa shape index (κ1) is 19.3. The maximum absolute atomic E-state index is 12.7. The molecule has 0 spiro atoms. The summed E-state index contributed by atoms with van der Waals surface area (Å²) in [5.41, 5.74) is 6.23. The number of hydrogen-bond acceptors (Lipinski definition) is 5. The van der Waals surface area contributed by atoms with E-state index in [9.17, 15) is 22.0 Å². The van der Waals surface area contributed by atoms with E-state index in [1.807, 2.05) is 6.92 Å². The number of sulfone groups is 1. The quantitative estimate of drug-likeness (QED) is 0.668. The second-order valence-electron chi connectivity index (χ2n) is 4.93. The van der Waals surface area contributed by atoms with Crippen LogP contribution >= 0.6 is 0 Å². The summed E-state index contributed by atoms with van der Waals surface area (Å²) in [6.07, 6.45) is 1.16. The monoisotopic (exact) mass is 349 g/mol. The molecule has 0 radical (unpaired) electrons. The molecule has 1 unspecified atom stereocenters. The number of amides is 1. The molecule has 1 amide bonds. The van der Waals surface area contributed by atoms with Crippen LogP contribution in [0.15, 0.2) is 23.1 Å². The third-order valence-electron chi connectivity index (χ3n) is 3.12. The first-order chi connectivity index (χ1) is 10.7. The molecular weight excluding hydrogens is 328 g/mol. The number of halogens is 2. The highest BCUT2D eigenvalue weighted by Crippen LogP contribution is 2.28. The number of carbonyl (C=O) groups excluding carboxylic acids is 1. The minimum atomic E-state index is -4.74. The summed E-state index contributed by atoms with van der Waals surface area (Å²) in [5, 5.41) is 5.42. The lowest BCUT2D eigenvalue weighted by Crippen LogP contribution is -2.35. The van der Waals surface area contributed by atoms with Crippen molar-refractivity contribution in [3.63, 3.8) is 0 Å². The van der Waals surface area contributed by atoms with Gasteiger partial charge in [-0.3, -0.25) is 4.79 Å². The number of anilines is 2. The van der Waals surface area contributed by atoms with Gasteiger partial charge in [0.15, 0.2) is 0 Å². The molecule has 1 rings (SSSR count). The SMILES string of the molecule is CCCC(N)C(=O)Nc1cc(S(=O)(=O)C(F)F)ccc1NCC. The predicted molar refractivity (Wildman–Crippen MR) is 85.3 cm³/mol. The Morgan fingerprint density at radius 3 is 2.43 bits per heavy atom. The summed E-state index contributed by atoms with van der Waals surface area (Å²) in [6.45, 7) is 4.18. The molecule has 0 aliphatic heterocycles. The normalized spacial score (nSPS) is 13.0. The average molecular weight is 349 g/mol. The minimum absolute atomic E-state index is 0.102. The van der Waals surface area contributed by atoms with Crippen LogP contribution < -0.4 is 16.4 Å². The van der Waals surface area contributed by atoms with Crippen LogP contribution in [0, 0.1) is 0 Å². The van der Waals surface area contributed by atoms with Gasteiger partial charge in [-0.2, -0.15) is 8.78 Å². The molecule has 0 saturated heterocycles. The van der Waals surface area contributed by atoms with E-state index in [0.29, 0.717) is 25.1 Å². The Kier molecular flexibility index (Phi) is 6.89. The number of rotatable bonds is 8. The number of carbonyl (C=O) groups is 1. The molecule has 23 heavy (non-hydrogen) atoms. The van der Waals surface area contributed by atoms with E-state index in [4.69, 9.17) is 5.73 Å². The van der Waals surface area contributed by atoms with E-state index in [-0.39, 0.29) is 5.69 Å². The molecule has 1 atom stereocenters. The Balaban J connectivity index is 3.19. The van der Waals surface area contributed by atoms with Gasteiger partial charge >= 0.3 is 5.76 Å². The van der Waals surface area contributed by atoms with Gasteiger partial charge < -0.3 is 16.4 Å². The van der Waals surface area contributed by atoms with Crippen LogP contribution in [0.4, 0.5) is 20.2 Å². The van der Waals surface area contributed by atoms with E-state index < -0.39 is 32.4 Å². The molecule has 0 aliphatic rings. The molecule has 0 aliphatic carbocycles. The summed E-state index contributed by atoms with van der Waals surface area (Å²) in [5.74, 6) is -4.03. The Hall–Kier alpha value is -1.74. The van der Waals surface area contributed by atoms with Crippen molar-refractivity contribution in [2.45, 2.75) is 43.4 Å². The van der Waals surface area contributed by atoms with Crippen LogP contribution in [0.1, 0.15) is 26.7 Å². The van der Waals surface area contributed by atoms with Crippen LogP contribution in [0.25, 0.3) is 0 Å². The largest absolute Gasteiger partial charge is 0.384 e. The number of hydrogen-bond donors (Lipinski definition) is 3. The lowest BCUT2D eigenvalue weighted by Gasteiger charge is -2.16. The molecule has 0 bridgehead atoms. The maximum atomic E-state index is 12.7. The summed E-state index contributed by atoms with van der Waals surface area (Å²) < 4.78 is 48.5. The Bertz CT molecular complexity index is 651. The van der Waals surface area contributed by atoms with E-state index in [1.54, 1.807) is 6.92 Å². The third-order valence-corrected chi connectivity index (χ3v) is 4.50. The zero-order chi connectivity index (χ0) is 17.6. The van der Waals surface area contributed by atoms with Gasteiger partial charge in [-0.1, -0.05) is 13.3 Å². The highest BCUT2D eigenvalue weighted by atomic mass is 32.2. The zero-order valence-corrected chi connectivity index (χ0v) is 13.8. The number of benzene rings is 1. The minimum Gasteiger partial charge on any atom is -0.384 e. The second kappa shape index (κ2) is 8.21. The highest BCUT2D eigenvalue weighted by molar-refractivity contribution is 7.91. The molecule has 1 aromatic rings. The summed E-state index contributed by atoms with van der Waals surface area (Å²) in [4.78, 5) is 11.4. The van der Waals surface area contributed by atoms with E-state index in [0.717, 1.165) is 12.1 Å². The van der Waals surface area contributed by atoms with Crippen LogP contribution in [0.3, 0.4) is 0 Å². The highest BCUT2D eigenvalue weighted by Gasteiger charge is 2.27. The maximum Gasteiger partial charge on any atom is 0.341 e. The first-order valence-electron chi connectivity index (χ1n) is 7.20. The Morgan fingerprint density at radius 2 is 1.91 bits per heavy atom. The van der Waals surface area contributed by atoms with Crippen molar-refractivity contribution >= 4 is 27.1 Å². The van der Waals surface area contributed by atoms with Crippen molar-refractivity contribution in [3.05, 3.63) is 18.2 Å². The summed E-state index contributed by atoms with van der Waals surface area (Å²) in [6, 6.07) is 2.65. The van der Waals surface area contributed by atoms with Crippen LogP contribution in [-0.4, -0.2) is 32.7 Å². The van der Waals surface area contributed by atoms with Crippen molar-refractivity contribution in [2.24, 2.45) is 5.73 Å². The van der Waals surface area contributed by atoms with Gasteiger partial charge in [-0.15, -0.1) is 0 Å². The fourth-order valence-electron chi connectivity index (χ4n) is 1.92. The van der Waals surface area contributed by atoms with Gasteiger partial charge in [0.1, 0.15) is 0 Å². The van der Waals surface area contributed by atoms with Crippen LogP contribution in [0.2, 0.25) is 0 Å². The fraction of sp³-hybridized carbons (Fsp3) is 0.500. The molecular formula is C14H21F2N3O3S. The lowest BCUT2D eigenvalue weighted by atomic mass is 10.1. The predicted octanol–water partition coefficient (Wildman–Crippen LogP) is 2.18. The molecule has 9 heteroatoms. The van der Waals surface area contributed by atoms with Gasteiger partial charge in [-0.25, -0.2) is 8.42 Å². The van der Waals surface area contributed by atoms with Crippen molar-refractivity contribution in [1.82, 2.24) is 0 Å². The second-order valence-corrected chi connectivity index (χ2v) is 6.85. The average Bonchev–Trinajstić information content (AvgIpc) is 2.49. The topological polar surface area (TPSA) is 101 Å². The van der Waals surface area contributed by atoms with Gasteiger partial charge in [-0.05, 0) is 31.5 Å². The van der Waals surface area contributed by atoms with Crippen molar-refractivity contribution in [3.8, 4) is 0 Å². The van der Waals surface area contributed by atoms with E-state index in [1.165, 1.54) is 6.07 Å². The van der Waals surface area contributed by atoms with Crippen molar-refractivity contribution in [1.29, 1.82) is 0 Å². The van der Waals surface area contributed by atoms with E-state index >= 15 is 0 Å². The summed E-state index contributed by atoms with van der Waals surface area (Å²) >= 11 is 0. The van der Waals surface area contributed by atoms with Crippen LogP contribution in [-0.2, 0) is 14.6 Å². The first-order valence-corrected chi connectivity index (χ1v) is 8.75. The Morgan fingerprint density at radius 1 is 1.26 bits per heavy atom. The molecule has 0 aromatic heterocycles. The van der Waals surface area contributed by atoms with Gasteiger partial charge in [0.2, 0.25) is 15.7 Å². The molecule has 0 fully saturated rings. The summed E-state index contributed by atoms with van der Waals surface area (Å²) in [7, 11) is -4.74. The lowest BCUT2D eigenvalue weighted by molar-refractivity contribution is -0.117. The van der Waals surface area contributed by atoms with Gasteiger partial charge in [0.25, 0.3) is 0 Å². The molecule has 4 N–H and O–H groups in total. The molecule has 130 valence electrons. The van der Waals surface area contributed by atoms with Crippen LogP contribution in [0.5, 0.6) is 0 Å². The number of nitrogens with two attached hydrogens (primary N) is 1. The third kappa shape index (κ3) is 4.87. The fourth-order valence-corrected chi connectivity index (χ4v) is 2.66. The van der Waals surface area contributed by atoms with Gasteiger partial charge in [0, 0.05) is 6.54 Å². The molecule has 0 heterocycles. The number of nitrogens with one attached hydrogen (secondary N) is 2. The standard InChI is InChI=1S/C14H21F2N3O3S/c1-3-5-10(17)13(20)19-12-8-9(23(21,22)14(15)16)6-7-11(12)18-4-2/h6-8,10,14,18H,3-5,17H2,1-2H3,(H,19,20). The molecule has 1 aromatic carbocycles. The van der Waals surface area contributed by atoms with Crippen molar-refractivity contribution < 1.29 is 22.0 Å². The zero-order valence-electron chi connectivity index (χ0n) is 13.0. The Labute approximate surface area is 134 Å². The van der Waals surface area contributed by atoms with E-state index in [2.05, 4.69) is 10.6 Å². The smallest absolute Gasteiger partial charge is 0.341 e. The van der Waals surface area contributed by atoms with Gasteiger partial charge in [0.05, 0.1) is 22.3 Å². The van der Waals surface area contributed by atoms with Crippen molar-refractivity contribution in [2.75, 3.05) is 17.2 Å². The molecule has 0 saturated carbocycles. The molecule has 6 nitrogen and oxygen atoms in total.